The highest BCUT2D eigenvalue weighted by Crippen LogP contribution is 2.36. The minimum Gasteiger partial charge on any atom is -0.490 e. The van der Waals surface area contributed by atoms with E-state index >= 15 is 0 Å². The van der Waals surface area contributed by atoms with Crippen molar-refractivity contribution in [2.75, 3.05) is 18.5 Å². The molecular formula is C18H16Br2N2O3. The Kier molecular flexibility index (Phi) is 6.85. The number of ether oxygens (including phenoxy) is 2. The zero-order valence-corrected chi connectivity index (χ0v) is 16.9. The van der Waals surface area contributed by atoms with Crippen molar-refractivity contribution in [3.63, 3.8) is 0 Å². The molecule has 1 N–H and O–H groups in total. The smallest absolute Gasteiger partial charge is 0.262 e. The molecule has 0 aliphatic rings. The van der Waals surface area contributed by atoms with Crippen molar-refractivity contribution in [1.29, 1.82) is 5.26 Å². The van der Waals surface area contributed by atoms with Gasteiger partial charge in [0.25, 0.3) is 5.91 Å². The van der Waals surface area contributed by atoms with Crippen LogP contribution in [0.2, 0.25) is 0 Å². The molecule has 5 nitrogen and oxygen atoms in total. The fourth-order valence-electron chi connectivity index (χ4n) is 2.13. The fourth-order valence-corrected chi connectivity index (χ4v) is 3.16. The molecule has 0 bridgehead atoms. The van der Waals surface area contributed by atoms with Crippen molar-refractivity contribution >= 4 is 43.5 Å². The molecule has 0 radical (unpaired) electrons. The number of benzene rings is 2. The third kappa shape index (κ3) is 5.21. The number of nitrogens with zero attached hydrogens (tertiary/aromatic N) is 1. The molecule has 2 aromatic carbocycles. The van der Waals surface area contributed by atoms with Crippen molar-refractivity contribution in [2.45, 2.75) is 13.8 Å². The maximum Gasteiger partial charge on any atom is 0.262 e. The molecule has 2 rings (SSSR count). The predicted octanol–water partition coefficient (Wildman–Crippen LogP) is 4.81. The summed E-state index contributed by atoms with van der Waals surface area (Å²) in [4.78, 5) is 12.2. The minimum absolute atomic E-state index is 0.180. The Bertz CT molecular complexity index is 832. The second kappa shape index (κ2) is 8.88. The van der Waals surface area contributed by atoms with Crippen LogP contribution >= 0.6 is 31.9 Å². The molecule has 1 amide bonds. The van der Waals surface area contributed by atoms with E-state index in [1.165, 1.54) is 0 Å². The third-order valence-corrected chi connectivity index (χ3v) is 4.33. The van der Waals surface area contributed by atoms with E-state index in [4.69, 9.17) is 14.7 Å². The molecule has 0 atom stereocenters. The fraction of sp³-hybridized carbons (Fsp3) is 0.222. The molecule has 0 unspecified atom stereocenters. The molecule has 0 aliphatic carbocycles. The first kappa shape index (κ1) is 19.3. The molecule has 0 fully saturated rings. The Morgan fingerprint density at radius 2 is 2.00 bits per heavy atom. The standard InChI is InChI=1S/C18H16Br2N2O3/c1-3-24-16-8-12(9-21)7-14(20)18(16)25-10-17(23)22-15-5-4-13(19)6-11(15)2/h4-8H,3,10H2,1-2H3,(H,22,23). The monoisotopic (exact) mass is 466 g/mol. The summed E-state index contributed by atoms with van der Waals surface area (Å²) in [6.07, 6.45) is 0. The van der Waals surface area contributed by atoms with Gasteiger partial charge in [-0.3, -0.25) is 4.79 Å². The zero-order chi connectivity index (χ0) is 18.4. The number of amides is 1. The lowest BCUT2D eigenvalue weighted by atomic mass is 10.2. The van der Waals surface area contributed by atoms with Gasteiger partial charge in [0.1, 0.15) is 0 Å². The van der Waals surface area contributed by atoms with Gasteiger partial charge in [-0.25, -0.2) is 0 Å². The van der Waals surface area contributed by atoms with Crippen molar-refractivity contribution in [3.05, 3.63) is 50.4 Å². The summed E-state index contributed by atoms with van der Waals surface area (Å²) in [5.41, 5.74) is 2.11. The van der Waals surface area contributed by atoms with Gasteiger partial charge in [0, 0.05) is 16.2 Å². The number of anilines is 1. The Morgan fingerprint density at radius 3 is 2.64 bits per heavy atom. The van der Waals surface area contributed by atoms with Crippen LogP contribution in [0, 0.1) is 18.3 Å². The van der Waals surface area contributed by atoms with Crippen LogP contribution in [0.25, 0.3) is 0 Å². The molecule has 0 saturated heterocycles. The van der Waals surface area contributed by atoms with Crippen LogP contribution in [0.3, 0.4) is 0 Å². The number of nitrogens with one attached hydrogen (secondary N) is 1. The van der Waals surface area contributed by atoms with E-state index in [0.717, 1.165) is 15.7 Å². The van der Waals surface area contributed by atoms with Gasteiger partial charge in [0.05, 0.1) is 22.7 Å². The highest BCUT2D eigenvalue weighted by atomic mass is 79.9. The van der Waals surface area contributed by atoms with Crippen molar-refractivity contribution in [1.82, 2.24) is 0 Å². The van der Waals surface area contributed by atoms with Crippen LogP contribution in [0.4, 0.5) is 5.69 Å². The first-order chi connectivity index (χ1) is 11.9. The second-order valence-corrected chi connectivity index (χ2v) is 6.90. The summed E-state index contributed by atoms with van der Waals surface area (Å²) in [5, 5.41) is 11.8. The van der Waals surface area contributed by atoms with E-state index in [9.17, 15) is 4.79 Å². The molecule has 0 spiro atoms. The van der Waals surface area contributed by atoms with E-state index < -0.39 is 0 Å². The van der Waals surface area contributed by atoms with Gasteiger partial charge in [0.15, 0.2) is 18.1 Å². The van der Waals surface area contributed by atoms with E-state index in [-0.39, 0.29) is 12.5 Å². The maximum atomic E-state index is 12.2. The lowest BCUT2D eigenvalue weighted by Crippen LogP contribution is -2.21. The number of carbonyl (C=O) groups excluding carboxylic acids is 1. The Morgan fingerprint density at radius 1 is 1.24 bits per heavy atom. The molecule has 25 heavy (non-hydrogen) atoms. The van der Waals surface area contributed by atoms with Crippen LogP contribution in [-0.2, 0) is 4.79 Å². The summed E-state index contributed by atoms with van der Waals surface area (Å²) >= 11 is 6.74. The number of rotatable bonds is 6. The quantitative estimate of drug-likeness (QED) is 0.661. The second-order valence-electron chi connectivity index (χ2n) is 5.13. The van der Waals surface area contributed by atoms with Crippen LogP contribution in [0.5, 0.6) is 11.5 Å². The van der Waals surface area contributed by atoms with Gasteiger partial charge in [-0.05, 0) is 59.6 Å². The lowest BCUT2D eigenvalue weighted by molar-refractivity contribution is -0.118. The first-order valence-electron chi connectivity index (χ1n) is 7.49. The highest BCUT2D eigenvalue weighted by Gasteiger charge is 2.14. The predicted molar refractivity (Wildman–Crippen MR) is 103 cm³/mol. The molecule has 0 heterocycles. The van der Waals surface area contributed by atoms with Crippen molar-refractivity contribution in [2.24, 2.45) is 0 Å². The van der Waals surface area contributed by atoms with Gasteiger partial charge in [-0.1, -0.05) is 15.9 Å². The summed E-state index contributed by atoms with van der Waals surface area (Å²) < 4.78 is 12.6. The number of halogens is 2. The topological polar surface area (TPSA) is 71.3 Å². The maximum absolute atomic E-state index is 12.2. The summed E-state index contributed by atoms with van der Waals surface area (Å²) in [7, 11) is 0. The summed E-state index contributed by atoms with van der Waals surface area (Å²) in [6.45, 7) is 3.98. The van der Waals surface area contributed by atoms with E-state index in [0.29, 0.717) is 28.1 Å². The number of hydrogen-bond donors (Lipinski definition) is 1. The van der Waals surface area contributed by atoms with Crippen molar-refractivity contribution < 1.29 is 14.3 Å². The molecule has 0 saturated carbocycles. The minimum atomic E-state index is -0.288. The number of nitriles is 1. The Labute approximate surface area is 163 Å². The highest BCUT2D eigenvalue weighted by molar-refractivity contribution is 9.10. The molecular weight excluding hydrogens is 452 g/mol. The number of hydrogen-bond acceptors (Lipinski definition) is 4. The molecule has 2 aromatic rings. The van der Waals surface area contributed by atoms with Crippen molar-refractivity contribution in [3.8, 4) is 17.6 Å². The zero-order valence-electron chi connectivity index (χ0n) is 13.7. The first-order valence-corrected chi connectivity index (χ1v) is 9.08. The van der Waals surface area contributed by atoms with Crippen LogP contribution in [0.1, 0.15) is 18.1 Å². The van der Waals surface area contributed by atoms with E-state index in [1.807, 2.05) is 32.0 Å². The summed E-state index contributed by atoms with van der Waals surface area (Å²) in [5.74, 6) is 0.522. The third-order valence-electron chi connectivity index (χ3n) is 3.25. The Balaban J connectivity index is 2.10. The normalized spacial score (nSPS) is 10.0. The Hall–Kier alpha value is -2.04. The molecule has 7 heteroatoms. The average molecular weight is 468 g/mol. The van der Waals surface area contributed by atoms with Crippen LogP contribution in [0.15, 0.2) is 39.3 Å². The lowest BCUT2D eigenvalue weighted by Gasteiger charge is -2.14. The molecule has 130 valence electrons. The van der Waals surface area contributed by atoms with Gasteiger partial charge >= 0.3 is 0 Å². The van der Waals surface area contributed by atoms with E-state index in [1.54, 1.807) is 12.1 Å². The molecule has 0 aliphatic heterocycles. The van der Waals surface area contributed by atoms with E-state index in [2.05, 4.69) is 43.2 Å². The SMILES string of the molecule is CCOc1cc(C#N)cc(Br)c1OCC(=O)Nc1ccc(Br)cc1C. The van der Waals surface area contributed by atoms with Gasteiger partial charge in [0.2, 0.25) is 0 Å². The van der Waals surface area contributed by atoms with Crippen LogP contribution < -0.4 is 14.8 Å². The van der Waals surface area contributed by atoms with Gasteiger partial charge in [-0.15, -0.1) is 0 Å². The van der Waals surface area contributed by atoms with Gasteiger partial charge in [-0.2, -0.15) is 5.26 Å². The summed E-state index contributed by atoms with van der Waals surface area (Å²) in [6, 6.07) is 10.8. The van der Waals surface area contributed by atoms with Gasteiger partial charge < -0.3 is 14.8 Å². The molecule has 0 aromatic heterocycles. The number of aryl methyl sites for hydroxylation is 1. The largest absolute Gasteiger partial charge is 0.490 e. The number of carbonyl (C=O) groups is 1. The average Bonchev–Trinajstić information content (AvgIpc) is 2.56. The van der Waals surface area contributed by atoms with Crippen LogP contribution in [-0.4, -0.2) is 19.1 Å².